The highest BCUT2D eigenvalue weighted by Crippen LogP contribution is 2.58. The zero-order valence-corrected chi connectivity index (χ0v) is 15.1. The molecule has 4 aliphatic heterocycles. The molecule has 0 aliphatic carbocycles. The first-order valence-corrected chi connectivity index (χ1v) is 9.63. The summed E-state index contributed by atoms with van der Waals surface area (Å²) in [6, 6.07) is 9.54. The van der Waals surface area contributed by atoms with Crippen LogP contribution in [-0.4, -0.2) is 43.2 Å². The van der Waals surface area contributed by atoms with Gasteiger partial charge in [0.05, 0.1) is 13.2 Å². The number of benzene rings is 1. The second-order valence-electron chi connectivity index (χ2n) is 8.01. The van der Waals surface area contributed by atoms with E-state index in [-0.39, 0.29) is 11.4 Å². The van der Waals surface area contributed by atoms with Gasteiger partial charge in [0.2, 0.25) is 0 Å². The second kappa shape index (κ2) is 5.34. The molecule has 4 heteroatoms. The van der Waals surface area contributed by atoms with E-state index in [1.807, 2.05) is 0 Å². The van der Waals surface area contributed by atoms with E-state index < -0.39 is 0 Å². The van der Waals surface area contributed by atoms with Gasteiger partial charge < -0.3 is 9.64 Å². The van der Waals surface area contributed by atoms with Crippen molar-refractivity contribution in [1.82, 2.24) is 4.90 Å². The number of ether oxygens (including phenoxy) is 1. The Morgan fingerprint density at radius 1 is 1.32 bits per heavy atom. The maximum atomic E-state index is 12.7. The summed E-state index contributed by atoms with van der Waals surface area (Å²) in [7, 11) is 1.50. The number of hydrogen-bond donors (Lipinski definition) is 0. The number of hydrogen-bond acceptors (Lipinski definition) is 4. The lowest BCUT2D eigenvalue weighted by Gasteiger charge is -2.59. The first kappa shape index (κ1) is 15.4. The van der Waals surface area contributed by atoms with Gasteiger partial charge in [-0.2, -0.15) is 0 Å². The first-order valence-electron chi connectivity index (χ1n) is 9.63. The normalized spacial score (nSPS) is 35.7. The molecule has 0 aromatic heterocycles. The van der Waals surface area contributed by atoms with Crippen molar-refractivity contribution in [3.63, 3.8) is 0 Å². The summed E-state index contributed by atoms with van der Waals surface area (Å²) in [4.78, 5) is 17.7. The summed E-state index contributed by atoms with van der Waals surface area (Å²) >= 11 is 0. The quantitative estimate of drug-likeness (QED) is 0.775. The standard InChI is InChI=1S/C21H26N2O2/c1-3-21-10-6-11-22-12-9-15-14-7-4-5-8-16(14)23(18(15)19(21)22)17(13-21)20(24)25-2/h4-5,7-8,13,15,18-19H,3,6,9-12H2,1-2H3/t15-,18+,19-,21+/m0/s1. The van der Waals surface area contributed by atoms with Gasteiger partial charge in [0.25, 0.3) is 0 Å². The number of carbonyl (C=O) groups excluding carboxylic acids is 1. The van der Waals surface area contributed by atoms with E-state index in [9.17, 15) is 4.79 Å². The SMILES string of the molecule is CC[C@]12C=C(C(=O)OC)N3c4ccccc4[C@@H]4CCN(CCC1)[C@H]2[C@@H]43. The third-order valence-corrected chi connectivity index (χ3v) is 7.16. The molecule has 1 aromatic rings. The summed E-state index contributed by atoms with van der Waals surface area (Å²) in [5.41, 5.74) is 3.50. The molecule has 0 spiro atoms. The Bertz CT molecular complexity index is 758. The largest absolute Gasteiger partial charge is 0.464 e. The van der Waals surface area contributed by atoms with Crippen LogP contribution in [0.2, 0.25) is 0 Å². The van der Waals surface area contributed by atoms with Crippen molar-refractivity contribution < 1.29 is 9.53 Å². The highest BCUT2D eigenvalue weighted by Gasteiger charge is 2.59. The topological polar surface area (TPSA) is 32.8 Å². The molecule has 4 heterocycles. The molecule has 132 valence electrons. The van der Waals surface area contributed by atoms with Crippen LogP contribution in [0.25, 0.3) is 0 Å². The van der Waals surface area contributed by atoms with Crippen molar-refractivity contribution in [2.24, 2.45) is 5.41 Å². The van der Waals surface area contributed by atoms with E-state index >= 15 is 0 Å². The van der Waals surface area contributed by atoms with Crippen molar-refractivity contribution in [3.8, 4) is 0 Å². The summed E-state index contributed by atoms with van der Waals surface area (Å²) in [5, 5.41) is 0. The predicted molar refractivity (Wildman–Crippen MR) is 97.5 cm³/mol. The van der Waals surface area contributed by atoms with Gasteiger partial charge in [-0.05, 0) is 56.5 Å². The highest BCUT2D eigenvalue weighted by molar-refractivity contribution is 5.95. The first-order chi connectivity index (χ1) is 12.2. The zero-order chi connectivity index (χ0) is 17.2. The van der Waals surface area contributed by atoms with Crippen LogP contribution >= 0.6 is 0 Å². The fourth-order valence-corrected chi connectivity index (χ4v) is 6.15. The van der Waals surface area contributed by atoms with Crippen LogP contribution in [0.4, 0.5) is 5.69 Å². The number of rotatable bonds is 2. The van der Waals surface area contributed by atoms with Gasteiger partial charge >= 0.3 is 5.97 Å². The monoisotopic (exact) mass is 338 g/mol. The maximum Gasteiger partial charge on any atom is 0.354 e. The third-order valence-electron chi connectivity index (χ3n) is 7.16. The van der Waals surface area contributed by atoms with Gasteiger partial charge in [-0.3, -0.25) is 4.90 Å². The second-order valence-corrected chi connectivity index (χ2v) is 8.01. The van der Waals surface area contributed by atoms with Crippen LogP contribution in [0.5, 0.6) is 0 Å². The number of fused-ring (bicyclic) bond motifs is 3. The van der Waals surface area contributed by atoms with Crippen LogP contribution in [0.1, 0.15) is 44.1 Å². The smallest absolute Gasteiger partial charge is 0.354 e. The summed E-state index contributed by atoms with van der Waals surface area (Å²) in [5.74, 6) is 0.333. The highest BCUT2D eigenvalue weighted by atomic mass is 16.5. The Kier molecular flexibility index (Phi) is 3.30. The molecule has 25 heavy (non-hydrogen) atoms. The van der Waals surface area contributed by atoms with Gasteiger partial charge in [-0.25, -0.2) is 4.79 Å². The van der Waals surface area contributed by atoms with Crippen molar-refractivity contribution >= 4 is 11.7 Å². The molecule has 0 saturated carbocycles. The van der Waals surface area contributed by atoms with Crippen LogP contribution < -0.4 is 4.90 Å². The molecule has 1 aromatic carbocycles. The van der Waals surface area contributed by atoms with Gasteiger partial charge in [0, 0.05) is 23.1 Å². The minimum Gasteiger partial charge on any atom is -0.464 e. The average Bonchev–Trinajstić information content (AvgIpc) is 3.01. The van der Waals surface area contributed by atoms with Gasteiger partial charge in [0.15, 0.2) is 0 Å². The van der Waals surface area contributed by atoms with E-state index in [0.29, 0.717) is 18.0 Å². The maximum absolute atomic E-state index is 12.7. The summed E-state index contributed by atoms with van der Waals surface area (Å²) in [6.45, 7) is 4.66. The van der Waals surface area contributed by atoms with Crippen LogP contribution in [-0.2, 0) is 9.53 Å². The Morgan fingerprint density at radius 3 is 2.96 bits per heavy atom. The lowest BCUT2D eigenvalue weighted by atomic mass is 9.62. The van der Waals surface area contributed by atoms with Gasteiger partial charge in [-0.1, -0.05) is 25.1 Å². The lowest BCUT2D eigenvalue weighted by Crippen LogP contribution is -2.67. The molecule has 4 aliphatic rings. The minimum atomic E-state index is -0.190. The molecular formula is C21H26N2O2. The van der Waals surface area contributed by atoms with Gasteiger partial charge in [0.1, 0.15) is 5.70 Å². The molecule has 0 radical (unpaired) electrons. The molecule has 4 atom stereocenters. The van der Waals surface area contributed by atoms with Crippen molar-refractivity contribution in [2.75, 3.05) is 25.1 Å². The lowest BCUT2D eigenvalue weighted by molar-refractivity contribution is -0.136. The number of methoxy groups -OCH3 is 1. The molecular weight excluding hydrogens is 312 g/mol. The number of esters is 1. The predicted octanol–water partition coefficient (Wildman–Crippen LogP) is 3.29. The molecule has 0 N–H and O–H groups in total. The number of nitrogens with zero attached hydrogens (tertiary/aromatic N) is 2. The number of carbonyl (C=O) groups is 1. The van der Waals surface area contributed by atoms with Crippen LogP contribution in [0.15, 0.2) is 36.0 Å². The van der Waals surface area contributed by atoms with E-state index in [4.69, 9.17) is 4.74 Å². The van der Waals surface area contributed by atoms with Crippen molar-refractivity contribution in [3.05, 3.63) is 41.6 Å². The Labute approximate surface area is 149 Å². The number of para-hydroxylation sites is 1. The summed E-state index contributed by atoms with van der Waals surface area (Å²) in [6.07, 6.45) is 6.94. The molecule has 2 fully saturated rings. The van der Waals surface area contributed by atoms with Crippen molar-refractivity contribution in [1.29, 1.82) is 0 Å². The third kappa shape index (κ3) is 1.89. The van der Waals surface area contributed by atoms with E-state index in [1.165, 1.54) is 50.7 Å². The van der Waals surface area contributed by atoms with E-state index in [1.54, 1.807) is 0 Å². The summed E-state index contributed by atoms with van der Waals surface area (Å²) < 4.78 is 5.20. The van der Waals surface area contributed by atoms with Gasteiger partial charge in [-0.15, -0.1) is 0 Å². The Hall–Kier alpha value is -1.81. The van der Waals surface area contributed by atoms with Crippen molar-refractivity contribution in [2.45, 2.75) is 50.6 Å². The van der Waals surface area contributed by atoms with Crippen LogP contribution in [0, 0.1) is 5.41 Å². The van der Waals surface area contributed by atoms with Crippen LogP contribution in [0.3, 0.4) is 0 Å². The van der Waals surface area contributed by atoms with E-state index in [2.05, 4.69) is 47.1 Å². The molecule has 4 nitrogen and oxygen atoms in total. The average molecular weight is 338 g/mol. The molecule has 5 rings (SSSR count). The number of piperidine rings is 2. The Balaban J connectivity index is 1.75. The number of anilines is 1. The molecule has 2 saturated heterocycles. The Morgan fingerprint density at radius 2 is 2.16 bits per heavy atom. The molecule has 0 amide bonds. The van der Waals surface area contributed by atoms with E-state index in [0.717, 1.165) is 12.1 Å². The zero-order valence-electron chi connectivity index (χ0n) is 15.1. The fraction of sp³-hybridized carbons (Fsp3) is 0.571. The molecule has 0 bridgehead atoms. The fourth-order valence-electron chi connectivity index (χ4n) is 6.15. The minimum absolute atomic E-state index is 0.101. The molecule has 0 unspecified atom stereocenters.